The molecular weight excluding hydrogens is 180 g/mol. The van der Waals surface area contributed by atoms with Crippen LogP contribution in [-0.2, 0) is 9.47 Å². The number of hydrogen-bond donors (Lipinski definition) is 1. The standard InChI is InChI=1S/C11H24O3/c1-3-5-11(10-12)6-4-7-14-9-8-13-2/h11-12H,3-10H2,1-2H3. The molecule has 0 aliphatic rings. The number of rotatable bonds is 10. The second-order valence-electron chi connectivity index (χ2n) is 3.58. The van der Waals surface area contributed by atoms with Gasteiger partial charge in [-0.25, -0.2) is 0 Å². The minimum atomic E-state index is 0.311. The summed E-state index contributed by atoms with van der Waals surface area (Å²) in [6, 6.07) is 0. The summed E-state index contributed by atoms with van der Waals surface area (Å²) in [5.74, 6) is 0.464. The molecule has 0 bridgehead atoms. The van der Waals surface area contributed by atoms with Crippen LogP contribution in [0.25, 0.3) is 0 Å². The highest BCUT2D eigenvalue weighted by atomic mass is 16.5. The fourth-order valence-electron chi connectivity index (χ4n) is 1.45. The Labute approximate surface area is 87.4 Å². The predicted octanol–water partition coefficient (Wildman–Crippen LogP) is 1.84. The number of aliphatic hydroxyl groups is 1. The van der Waals surface area contributed by atoms with Crippen molar-refractivity contribution in [2.75, 3.05) is 33.5 Å². The van der Waals surface area contributed by atoms with E-state index in [2.05, 4.69) is 6.92 Å². The maximum absolute atomic E-state index is 9.04. The summed E-state index contributed by atoms with van der Waals surface area (Å²) < 4.78 is 10.2. The van der Waals surface area contributed by atoms with Gasteiger partial charge in [-0.3, -0.25) is 0 Å². The second kappa shape index (κ2) is 11.0. The van der Waals surface area contributed by atoms with Gasteiger partial charge in [0.15, 0.2) is 0 Å². The molecule has 3 heteroatoms. The van der Waals surface area contributed by atoms with Crippen molar-refractivity contribution in [3.8, 4) is 0 Å². The highest BCUT2D eigenvalue weighted by Gasteiger charge is 2.05. The number of aliphatic hydroxyl groups excluding tert-OH is 1. The third-order valence-electron chi connectivity index (χ3n) is 2.29. The first-order valence-electron chi connectivity index (χ1n) is 5.52. The van der Waals surface area contributed by atoms with Gasteiger partial charge in [-0.15, -0.1) is 0 Å². The van der Waals surface area contributed by atoms with Crippen LogP contribution in [0.4, 0.5) is 0 Å². The Kier molecular flexibility index (Phi) is 10.9. The predicted molar refractivity (Wildman–Crippen MR) is 57.4 cm³/mol. The van der Waals surface area contributed by atoms with Crippen LogP contribution in [0.2, 0.25) is 0 Å². The van der Waals surface area contributed by atoms with Crippen LogP contribution < -0.4 is 0 Å². The maximum atomic E-state index is 9.04. The molecule has 0 amide bonds. The van der Waals surface area contributed by atoms with Crippen molar-refractivity contribution in [1.29, 1.82) is 0 Å². The summed E-state index contributed by atoms with van der Waals surface area (Å²) >= 11 is 0. The number of ether oxygens (including phenoxy) is 2. The van der Waals surface area contributed by atoms with Crippen molar-refractivity contribution in [3.05, 3.63) is 0 Å². The summed E-state index contributed by atoms with van der Waals surface area (Å²) in [6.07, 6.45) is 4.37. The molecule has 0 aromatic heterocycles. The molecule has 1 atom stereocenters. The Morgan fingerprint density at radius 2 is 1.93 bits per heavy atom. The van der Waals surface area contributed by atoms with Gasteiger partial charge in [-0.1, -0.05) is 13.3 Å². The highest BCUT2D eigenvalue weighted by molar-refractivity contribution is 4.56. The molecule has 0 saturated heterocycles. The third kappa shape index (κ3) is 8.48. The second-order valence-corrected chi connectivity index (χ2v) is 3.58. The van der Waals surface area contributed by atoms with Crippen molar-refractivity contribution >= 4 is 0 Å². The molecule has 86 valence electrons. The molecule has 0 aromatic carbocycles. The van der Waals surface area contributed by atoms with Crippen molar-refractivity contribution in [2.24, 2.45) is 5.92 Å². The monoisotopic (exact) mass is 204 g/mol. The van der Waals surface area contributed by atoms with Crippen molar-refractivity contribution in [3.63, 3.8) is 0 Å². The van der Waals surface area contributed by atoms with Crippen LogP contribution in [0.5, 0.6) is 0 Å². The molecule has 0 fully saturated rings. The molecule has 0 rings (SSSR count). The van der Waals surface area contributed by atoms with Gasteiger partial charge in [-0.05, 0) is 25.2 Å². The molecule has 0 radical (unpaired) electrons. The Balaban J connectivity index is 3.15. The first kappa shape index (κ1) is 13.9. The lowest BCUT2D eigenvalue weighted by Gasteiger charge is -2.12. The average molecular weight is 204 g/mol. The fraction of sp³-hybridized carbons (Fsp3) is 1.00. The quantitative estimate of drug-likeness (QED) is 0.552. The Bertz CT molecular complexity index is 107. The maximum Gasteiger partial charge on any atom is 0.0700 e. The zero-order chi connectivity index (χ0) is 10.6. The van der Waals surface area contributed by atoms with Crippen LogP contribution in [-0.4, -0.2) is 38.6 Å². The summed E-state index contributed by atoms with van der Waals surface area (Å²) in [5.41, 5.74) is 0. The van der Waals surface area contributed by atoms with Gasteiger partial charge in [0.05, 0.1) is 13.2 Å². The van der Waals surface area contributed by atoms with Crippen LogP contribution in [0, 0.1) is 5.92 Å². The molecule has 14 heavy (non-hydrogen) atoms. The van der Waals surface area contributed by atoms with E-state index in [1.807, 2.05) is 0 Å². The summed E-state index contributed by atoms with van der Waals surface area (Å²) in [7, 11) is 1.67. The lowest BCUT2D eigenvalue weighted by molar-refractivity contribution is 0.0654. The molecule has 0 aliphatic carbocycles. The van der Waals surface area contributed by atoms with E-state index in [9.17, 15) is 0 Å². The van der Waals surface area contributed by atoms with Gasteiger partial charge in [0.2, 0.25) is 0 Å². The van der Waals surface area contributed by atoms with E-state index >= 15 is 0 Å². The van der Waals surface area contributed by atoms with Crippen LogP contribution in [0.15, 0.2) is 0 Å². The van der Waals surface area contributed by atoms with Gasteiger partial charge in [0.1, 0.15) is 0 Å². The molecule has 1 N–H and O–H groups in total. The van der Waals surface area contributed by atoms with E-state index in [-0.39, 0.29) is 0 Å². The van der Waals surface area contributed by atoms with E-state index in [1.165, 1.54) is 0 Å². The summed E-state index contributed by atoms with van der Waals surface area (Å²) in [5, 5.41) is 9.04. The van der Waals surface area contributed by atoms with Crippen molar-refractivity contribution in [1.82, 2.24) is 0 Å². The van der Waals surface area contributed by atoms with Gasteiger partial charge >= 0.3 is 0 Å². The zero-order valence-electron chi connectivity index (χ0n) is 9.50. The topological polar surface area (TPSA) is 38.7 Å². The molecular formula is C11H24O3. The molecule has 0 spiro atoms. The van der Waals surface area contributed by atoms with Crippen molar-refractivity contribution in [2.45, 2.75) is 32.6 Å². The number of methoxy groups -OCH3 is 1. The molecule has 0 saturated carbocycles. The van der Waals surface area contributed by atoms with Crippen LogP contribution >= 0.6 is 0 Å². The SMILES string of the molecule is CCCC(CO)CCCOCCOC. The van der Waals surface area contributed by atoms with E-state index < -0.39 is 0 Å². The molecule has 0 heterocycles. The normalized spacial score (nSPS) is 13.1. The van der Waals surface area contributed by atoms with Crippen LogP contribution in [0.1, 0.15) is 32.6 Å². The zero-order valence-corrected chi connectivity index (χ0v) is 9.50. The Morgan fingerprint density at radius 1 is 1.14 bits per heavy atom. The fourth-order valence-corrected chi connectivity index (χ4v) is 1.45. The Hall–Kier alpha value is -0.120. The average Bonchev–Trinajstić information content (AvgIpc) is 2.21. The smallest absolute Gasteiger partial charge is 0.0700 e. The van der Waals surface area contributed by atoms with Gasteiger partial charge in [-0.2, -0.15) is 0 Å². The summed E-state index contributed by atoms with van der Waals surface area (Å²) in [4.78, 5) is 0. The molecule has 3 nitrogen and oxygen atoms in total. The minimum absolute atomic E-state index is 0.311. The molecule has 1 unspecified atom stereocenters. The Morgan fingerprint density at radius 3 is 2.50 bits per heavy atom. The highest BCUT2D eigenvalue weighted by Crippen LogP contribution is 2.12. The lowest BCUT2D eigenvalue weighted by atomic mass is 9.99. The third-order valence-corrected chi connectivity index (χ3v) is 2.29. The van der Waals surface area contributed by atoms with Gasteiger partial charge in [0, 0.05) is 20.3 Å². The molecule has 0 aromatic rings. The lowest BCUT2D eigenvalue weighted by Crippen LogP contribution is -2.08. The largest absolute Gasteiger partial charge is 0.396 e. The van der Waals surface area contributed by atoms with E-state index in [4.69, 9.17) is 14.6 Å². The van der Waals surface area contributed by atoms with E-state index in [0.717, 1.165) is 32.3 Å². The van der Waals surface area contributed by atoms with E-state index in [1.54, 1.807) is 7.11 Å². The minimum Gasteiger partial charge on any atom is -0.396 e. The van der Waals surface area contributed by atoms with Crippen LogP contribution in [0.3, 0.4) is 0 Å². The first-order valence-corrected chi connectivity index (χ1v) is 5.52. The first-order chi connectivity index (χ1) is 6.85. The molecule has 0 aliphatic heterocycles. The van der Waals surface area contributed by atoms with Gasteiger partial charge in [0.25, 0.3) is 0 Å². The number of hydrogen-bond acceptors (Lipinski definition) is 3. The van der Waals surface area contributed by atoms with Gasteiger partial charge < -0.3 is 14.6 Å². The van der Waals surface area contributed by atoms with Crippen molar-refractivity contribution < 1.29 is 14.6 Å². The summed E-state index contributed by atoms with van der Waals surface area (Å²) in [6.45, 7) is 4.58. The van der Waals surface area contributed by atoms with E-state index in [0.29, 0.717) is 25.7 Å².